The summed E-state index contributed by atoms with van der Waals surface area (Å²) in [5.74, 6) is 1.43. The van der Waals surface area contributed by atoms with Crippen LogP contribution >= 0.6 is 0 Å². The van der Waals surface area contributed by atoms with Gasteiger partial charge in [0.05, 0.1) is 5.56 Å². The number of carbonyl (C=O) groups is 1. The molecule has 1 unspecified atom stereocenters. The molecule has 1 atom stereocenters. The lowest BCUT2D eigenvalue weighted by molar-refractivity contribution is 0.0827. The lowest BCUT2D eigenvalue weighted by Gasteiger charge is -2.33. The molecule has 2 rings (SSSR count). The van der Waals surface area contributed by atoms with Gasteiger partial charge in [-0.2, -0.15) is 0 Å². The van der Waals surface area contributed by atoms with E-state index in [4.69, 9.17) is 5.11 Å². The van der Waals surface area contributed by atoms with Gasteiger partial charge in [-0.25, -0.2) is 4.98 Å². The molecule has 0 aromatic carbocycles. The highest BCUT2D eigenvalue weighted by Crippen LogP contribution is 2.23. The van der Waals surface area contributed by atoms with Gasteiger partial charge in [0.2, 0.25) is 0 Å². The third-order valence-electron chi connectivity index (χ3n) is 3.78. The molecule has 20 heavy (non-hydrogen) atoms. The number of rotatable bonds is 4. The Bertz CT molecular complexity index is 443. The van der Waals surface area contributed by atoms with Gasteiger partial charge in [-0.15, -0.1) is 0 Å². The number of piperidine rings is 1. The summed E-state index contributed by atoms with van der Waals surface area (Å²) in [6.45, 7) is 2.19. The molecular formula is C15H23N3O2. The summed E-state index contributed by atoms with van der Waals surface area (Å²) in [6.07, 6.45) is 4.81. The van der Waals surface area contributed by atoms with Crippen molar-refractivity contribution in [3.63, 3.8) is 0 Å². The van der Waals surface area contributed by atoms with Crippen LogP contribution in [0.25, 0.3) is 0 Å². The first-order valence-electron chi connectivity index (χ1n) is 7.15. The second kappa shape index (κ2) is 6.70. The molecular weight excluding hydrogens is 254 g/mol. The van der Waals surface area contributed by atoms with Crippen molar-refractivity contribution in [1.82, 2.24) is 9.88 Å². The van der Waals surface area contributed by atoms with Crippen LogP contribution in [0.3, 0.4) is 0 Å². The van der Waals surface area contributed by atoms with E-state index in [1.807, 2.05) is 12.1 Å². The van der Waals surface area contributed by atoms with Crippen LogP contribution in [0.2, 0.25) is 0 Å². The van der Waals surface area contributed by atoms with Crippen LogP contribution in [0.4, 0.5) is 5.82 Å². The van der Waals surface area contributed by atoms with E-state index in [2.05, 4.69) is 9.88 Å². The van der Waals surface area contributed by atoms with Gasteiger partial charge in [-0.3, -0.25) is 4.79 Å². The van der Waals surface area contributed by atoms with Crippen molar-refractivity contribution < 1.29 is 9.90 Å². The Morgan fingerprint density at radius 2 is 2.30 bits per heavy atom. The number of anilines is 1. The maximum atomic E-state index is 11.8. The highest BCUT2D eigenvalue weighted by Gasteiger charge is 2.20. The van der Waals surface area contributed by atoms with Crippen molar-refractivity contribution in [3.05, 3.63) is 23.9 Å². The third kappa shape index (κ3) is 3.48. The van der Waals surface area contributed by atoms with Crippen molar-refractivity contribution in [2.45, 2.75) is 19.3 Å². The molecule has 0 bridgehead atoms. The summed E-state index contributed by atoms with van der Waals surface area (Å²) in [6, 6.07) is 3.75. The lowest BCUT2D eigenvalue weighted by atomic mass is 9.95. The number of hydrogen-bond acceptors (Lipinski definition) is 4. The molecule has 0 spiro atoms. The van der Waals surface area contributed by atoms with Gasteiger partial charge in [-0.05, 0) is 37.3 Å². The van der Waals surface area contributed by atoms with Crippen molar-refractivity contribution in [2.24, 2.45) is 5.92 Å². The molecule has 0 radical (unpaired) electrons. The van der Waals surface area contributed by atoms with Gasteiger partial charge in [0.25, 0.3) is 5.91 Å². The van der Waals surface area contributed by atoms with Crippen LogP contribution in [-0.4, -0.2) is 54.7 Å². The first-order valence-corrected chi connectivity index (χ1v) is 7.15. The molecule has 1 aliphatic heterocycles. The molecule has 0 aliphatic carbocycles. The van der Waals surface area contributed by atoms with Crippen LogP contribution < -0.4 is 4.90 Å². The number of aromatic nitrogens is 1. The molecule has 1 aliphatic rings. The third-order valence-corrected chi connectivity index (χ3v) is 3.78. The molecule has 1 amide bonds. The molecule has 2 heterocycles. The minimum Gasteiger partial charge on any atom is -0.396 e. The fourth-order valence-corrected chi connectivity index (χ4v) is 2.65. The van der Waals surface area contributed by atoms with Gasteiger partial charge >= 0.3 is 0 Å². The topological polar surface area (TPSA) is 56.7 Å². The Morgan fingerprint density at radius 3 is 2.90 bits per heavy atom. The van der Waals surface area contributed by atoms with Crippen molar-refractivity contribution in [2.75, 3.05) is 38.7 Å². The van der Waals surface area contributed by atoms with Crippen LogP contribution in [0.15, 0.2) is 18.3 Å². The number of aliphatic hydroxyl groups is 1. The standard InChI is InChI=1S/C15H23N3O2/c1-17(2)15(20)13-5-6-14(16-10-13)18-8-3-4-12(11-18)7-9-19/h5-6,10,12,19H,3-4,7-9,11H2,1-2H3. The normalized spacial score (nSPS) is 18.9. The summed E-state index contributed by atoms with van der Waals surface area (Å²) in [5.41, 5.74) is 0.614. The van der Waals surface area contributed by atoms with Gasteiger partial charge < -0.3 is 14.9 Å². The fourth-order valence-electron chi connectivity index (χ4n) is 2.65. The minimum atomic E-state index is -0.0270. The van der Waals surface area contributed by atoms with Crippen LogP contribution in [0.5, 0.6) is 0 Å². The first kappa shape index (κ1) is 14.8. The second-order valence-corrected chi connectivity index (χ2v) is 5.57. The molecule has 5 nitrogen and oxygen atoms in total. The monoisotopic (exact) mass is 277 g/mol. The Balaban J connectivity index is 2.04. The SMILES string of the molecule is CN(C)C(=O)c1ccc(N2CCCC(CCO)C2)nc1. The number of carbonyl (C=O) groups excluding carboxylic acids is 1. The number of aliphatic hydroxyl groups excluding tert-OH is 1. The zero-order valence-corrected chi connectivity index (χ0v) is 12.2. The van der Waals surface area contributed by atoms with E-state index in [-0.39, 0.29) is 12.5 Å². The van der Waals surface area contributed by atoms with Crippen LogP contribution in [-0.2, 0) is 0 Å². The number of amides is 1. The molecule has 1 N–H and O–H groups in total. The minimum absolute atomic E-state index is 0.0270. The Morgan fingerprint density at radius 1 is 1.50 bits per heavy atom. The Hall–Kier alpha value is -1.62. The quantitative estimate of drug-likeness (QED) is 0.903. The highest BCUT2D eigenvalue weighted by atomic mass is 16.3. The molecule has 1 aromatic heterocycles. The molecule has 5 heteroatoms. The van der Waals surface area contributed by atoms with E-state index in [0.29, 0.717) is 11.5 Å². The first-order chi connectivity index (χ1) is 9.61. The van der Waals surface area contributed by atoms with Gasteiger partial charge in [0.1, 0.15) is 5.82 Å². The Labute approximate surface area is 120 Å². The Kier molecular flexibility index (Phi) is 4.95. The average Bonchev–Trinajstić information content (AvgIpc) is 2.47. The largest absolute Gasteiger partial charge is 0.396 e. The van der Waals surface area contributed by atoms with E-state index in [1.54, 1.807) is 25.2 Å². The molecule has 1 saturated heterocycles. The van der Waals surface area contributed by atoms with E-state index in [9.17, 15) is 4.79 Å². The number of pyridine rings is 1. The lowest BCUT2D eigenvalue weighted by Crippen LogP contribution is -2.36. The fraction of sp³-hybridized carbons (Fsp3) is 0.600. The summed E-state index contributed by atoms with van der Waals surface area (Å²) in [4.78, 5) is 20.0. The highest BCUT2D eigenvalue weighted by molar-refractivity contribution is 5.93. The molecule has 110 valence electrons. The van der Waals surface area contributed by atoms with Gasteiger partial charge in [-0.1, -0.05) is 0 Å². The number of hydrogen-bond donors (Lipinski definition) is 1. The predicted molar refractivity (Wildman–Crippen MR) is 78.9 cm³/mol. The van der Waals surface area contributed by atoms with E-state index in [0.717, 1.165) is 31.7 Å². The summed E-state index contributed by atoms with van der Waals surface area (Å²) in [5, 5.41) is 9.05. The average molecular weight is 277 g/mol. The van der Waals surface area contributed by atoms with Crippen LogP contribution in [0, 0.1) is 5.92 Å². The second-order valence-electron chi connectivity index (χ2n) is 5.57. The zero-order valence-electron chi connectivity index (χ0n) is 12.2. The van der Waals surface area contributed by atoms with Gasteiger partial charge in [0, 0.05) is 40.0 Å². The van der Waals surface area contributed by atoms with E-state index >= 15 is 0 Å². The summed E-state index contributed by atoms with van der Waals surface area (Å²) in [7, 11) is 3.47. The maximum Gasteiger partial charge on any atom is 0.254 e. The van der Waals surface area contributed by atoms with Gasteiger partial charge in [0.15, 0.2) is 0 Å². The van der Waals surface area contributed by atoms with Crippen LogP contribution in [0.1, 0.15) is 29.6 Å². The summed E-state index contributed by atoms with van der Waals surface area (Å²) < 4.78 is 0. The molecule has 0 saturated carbocycles. The van der Waals surface area contributed by atoms with E-state index < -0.39 is 0 Å². The molecule has 1 fully saturated rings. The number of nitrogens with zero attached hydrogens (tertiary/aromatic N) is 3. The molecule has 1 aromatic rings. The zero-order chi connectivity index (χ0) is 14.5. The predicted octanol–water partition coefficient (Wildman–Crippen LogP) is 1.38. The van der Waals surface area contributed by atoms with Crippen molar-refractivity contribution in [3.8, 4) is 0 Å². The maximum absolute atomic E-state index is 11.8. The smallest absolute Gasteiger partial charge is 0.254 e. The van der Waals surface area contributed by atoms with Crippen molar-refractivity contribution >= 4 is 11.7 Å². The van der Waals surface area contributed by atoms with Crippen molar-refractivity contribution in [1.29, 1.82) is 0 Å². The summed E-state index contributed by atoms with van der Waals surface area (Å²) >= 11 is 0. The van der Waals surface area contributed by atoms with E-state index in [1.165, 1.54) is 6.42 Å².